The molecule has 0 saturated heterocycles. The molecule has 15 heavy (non-hydrogen) atoms. The molecule has 0 fully saturated rings. The van der Waals surface area contributed by atoms with Crippen LogP contribution in [0.2, 0.25) is 0 Å². The van der Waals surface area contributed by atoms with E-state index in [2.05, 4.69) is 4.74 Å². The first kappa shape index (κ1) is 13.2. The predicted octanol–water partition coefficient (Wildman–Crippen LogP) is -0.174. The minimum atomic E-state index is -1.05. The van der Waals surface area contributed by atoms with Gasteiger partial charge in [0.05, 0.1) is 12.8 Å². The zero-order chi connectivity index (χ0) is 11.7. The largest absolute Gasteiger partial charge is 0.481 e. The smallest absolute Gasteiger partial charge is 0.306 e. The SMILES string of the molecule is NC(=O)C/C=C\COC(=O)CCC(=O)O. The molecule has 0 aromatic carbocycles. The molecule has 1 amide bonds. The van der Waals surface area contributed by atoms with Crippen molar-refractivity contribution in [2.75, 3.05) is 6.61 Å². The first-order valence-electron chi connectivity index (χ1n) is 4.33. The molecule has 0 aliphatic carbocycles. The van der Waals surface area contributed by atoms with Crippen molar-refractivity contribution in [2.24, 2.45) is 5.73 Å². The molecule has 0 radical (unpaired) electrons. The van der Waals surface area contributed by atoms with Crippen LogP contribution in [0.3, 0.4) is 0 Å². The molecule has 0 atom stereocenters. The van der Waals surface area contributed by atoms with E-state index in [4.69, 9.17) is 10.8 Å². The molecule has 6 heteroatoms. The summed E-state index contributed by atoms with van der Waals surface area (Å²) in [5.41, 5.74) is 4.85. The van der Waals surface area contributed by atoms with Crippen LogP contribution in [-0.4, -0.2) is 29.6 Å². The van der Waals surface area contributed by atoms with Gasteiger partial charge in [-0.3, -0.25) is 14.4 Å². The van der Waals surface area contributed by atoms with Gasteiger partial charge < -0.3 is 15.6 Å². The van der Waals surface area contributed by atoms with Gasteiger partial charge in [-0.1, -0.05) is 12.2 Å². The number of carboxylic acid groups (broad SMARTS) is 1. The van der Waals surface area contributed by atoms with Gasteiger partial charge in [-0.25, -0.2) is 0 Å². The molecule has 0 aliphatic rings. The highest BCUT2D eigenvalue weighted by Gasteiger charge is 2.04. The van der Waals surface area contributed by atoms with Crippen LogP contribution in [0, 0.1) is 0 Å². The minimum Gasteiger partial charge on any atom is -0.481 e. The average Bonchev–Trinajstić information content (AvgIpc) is 2.13. The van der Waals surface area contributed by atoms with Crippen LogP contribution < -0.4 is 5.73 Å². The van der Waals surface area contributed by atoms with Crippen molar-refractivity contribution < 1.29 is 24.2 Å². The molecule has 6 nitrogen and oxygen atoms in total. The summed E-state index contributed by atoms with van der Waals surface area (Å²) in [5.74, 6) is -2.10. The summed E-state index contributed by atoms with van der Waals surface area (Å²) in [6, 6.07) is 0. The standard InChI is InChI=1S/C9H13NO5/c10-7(11)3-1-2-6-15-9(14)5-4-8(12)13/h1-2H,3-6H2,(H2,10,11)(H,12,13)/b2-1-. The number of amides is 1. The Morgan fingerprint density at radius 2 is 1.87 bits per heavy atom. The number of hydrogen-bond acceptors (Lipinski definition) is 4. The number of aliphatic carboxylic acids is 1. The second-order valence-electron chi connectivity index (χ2n) is 2.72. The van der Waals surface area contributed by atoms with E-state index < -0.39 is 17.8 Å². The number of hydrogen-bond donors (Lipinski definition) is 2. The van der Waals surface area contributed by atoms with E-state index in [-0.39, 0.29) is 25.9 Å². The van der Waals surface area contributed by atoms with Crippen LogP contribution in [0.5, 0.6) is 0 Å². The van der Waals surface area contributed by atoms with E-state index in [0.29, 0.717) is 0 Å². The molecule has 0 unspecified atom stereocenters. The monoisotopic (exact) mass is 215 g/mol. The molecule has 0 heterocycles. The third-order valence-electron chi connectivity index (χ3n) is 1.37. The summed E-state index contributed by atoms with van der Waals surface area (Å²) in [4.78, 5) is 31.2. The van der Waals surface area contributed by atoms with Crippen LogP contribution >= 0.6 is 0 Å². The molecule has 0 aromatic rings. The van der Waals surface area contributed by atoms with Crippen molar-refractivity contribution in [1.82, 2.24) is 0 Å². The number of primary amides is 1. The summed E-state index contributed by atoms with van der Waals surface area (Å²) >= 11 is 0. The fraction of sp³-hybridized carbons (Fsp3) is 0.444. The van der Waals surface area contributed by atoms with Gasteiger partial charge in [-0.05, 0) is 0 Å². The fourth-order valence-electron chi connectivity index (χ4n) is 0.690. The van der Waals surface area contributed by atoms with Gasteiger partial charge >= 0.3 is 11.9 Å². The van der Waals surface area contributed by atoms with Gasteiger partial charge in [-0.15, -0.1) is 0 Å². The van der Waals surface area contributed by atoms with Crippen molar-refractivity contribution in [2.45, 2.75) is 19.3 Å². The molecule has 0 aromatic heterocycles. The van der Waals surface area contributed by atoms with Gasteiger partial charge in [0.25, 0.3) is 0 Å². The number of esters is 1. The van der Waals surface area contributed by atoms with Crippen molar-refractivity contribution in [3.63, 3.8) is 0 Å². The number of carboxylic acids is 1. The van der Waals surface area contributed by atoms with Gasteiger partial charge in [0.1, 0.15) is 6.61 Å². The molecule has 0 aliphatic heterocycles. The Kier molecular flexibility index (Phi) is 6.61. The van der Waals surface area contributed by atoms with Gasteiger partial charge in [0.15, 0.2) is 0 Å². The molecule has 0 bridgehead atoms. The summed E-state index contributed by atoms with van der Waals surface area (Å²) in [6.07, 6.45) is 2.64. The highest BCUT2D eigenvalue weighted by atomic mass is 16.5. The Bertz CT molecular complexity index is 272. The molecule has 3 N–H and O–H groups in total. The highest BCUT2D eigenvalue weighted by molar-refractivity contribution is 5.76. The van der Waals surface area contributed by atoms with Gasteiger partial charge in [0, 0.05) is 6.42 Å². The Hall–Kier alpha value is -1.85. The Morgan fingerprint density at radius 1 is 1.20 bits per heavy atom. The lowest BCUT2D eigenvalue weighted by Crippen LogP contribution is -2.09. The summed E-state index contributed by atoms with van der Waals surface area (Å²) in [6.45, 7) is 0.0196. The number of carbonyl (C=O) groups is 3. The molecular weight excluding hydrogens is 202 g/mol. The number of rotatable bonds is 7. The van der Waals surface area contributed by atoms with Gasteiger partial charge in [0.2, 0.25) is 5.91 Å². The van der Waals surface area contributed by atoms with E-state index in [1.807, 2.05) is 0 Å². The summed E-state index contributed by atoms with van der Waals surface area (Å²) < 4.78 is 4.63. The lowest BCUT2D eigenvalue weighted by molar-refractivity contribution is -0.146. The predicted molar refractivity (Wildman–Crippen MR) is 50.8 cm³/mol. The summed E-state index contributed by atoms with van der Waals surface area (Å²) in [5, 5.41) is 8.26. The van der Waals surface area contributed by atoms with Gasteiger partial charge in [-0.2, -0.15) is 0 Å². The lowest BCUT2D eigenvalue weighted by Gasteiger charge is -1.99. The second-order valence-corrected chi connectivity index (χ2v) is 2.72. The molecule has 0 rings (SSSR count). The topological polar surface area (TPSA) is 107 Å². The van der Waals surface area contributed by atoms with Crippen molar-refractivity contribution in [3.05, 3.63) is 12.2 Å². The molecule has 0 spiro atoms. The van der Waals surface area contributed by atoms with Crippen molar-refractivity contribution in [3.8, 4) is 0 Å². The molecular formula is C9H13NO5. The minimum absolute atomic E-state index is 0.0196. The Balaban J connectivity index is 3.50. The Morgan fingerprint density at radius 3 is 2.40 bits per heavy atom. The Labute approximate surface area is 86.7 Å². The molecule has 84 valence electrons. The molecule has 0 saturated carbocycles. The van der Waals surface area contributed by atoms with Crippen LogP contribution in [0.25, 0.3) is 0 Å². The van der Waals surface area contributed by atoms with E-state index in [1.165, 1.54) is 12.2 Å². The number of ether oxygens (including phenoxy) is 1. The fourth-order valence-corrected chi connectivity index (χ4v) is 0.690. The first-order valence-corrected chi connectivity index (χ1v) is 4.33. The quantitative estimate of drug-likeness (QED) is 0.452. The van der Waals surface area contributed by atoms with Crippen LogP contribution in [0.1, 0.15) is 19.3 Å². The lowest BCUT2D eigenvalue weighted by atomic mass is 10.3. The van der Waals surface area contributed by atoms with Crippen LogP contribution in [0.15, 0.2) is 12.2 Å². The van der Waals surface area contributed by atoms with Crippen molar-refractivity contribution >= 4 is 17.8 Å². The van der Waals surface area contributed by atoms with E-state index >= 15 is 0 Å². The van der Waals surface area contributed by atoms with E-state index in [9.17, 15) is 14.4 Å². The van der Waals surface area contributed by atoms with Crippen LogP contribution in [0.4, 0.5) is 0 Å². The number of carbonyl (C=O) groups excluding carboxylic acids is 2. The zero-order valence-electron chi connectivity index (χ0n) is 8.14. The summed E-state index contributed by atoms with van der Waals surface area (Å²) in [7, 11) is 0. The first-order chi connectivity index (χ1) is 7.02. The zero-order valence-corrected chi connectivity index (χ0v) is 8.14. The maximum Gasteiger partial charge on any atom is 0.306 e. The third-order valence-corrected chi connectivity index (χ3v) is 1.37. The average molecular weight is 215 g/mol. The highest BCUT2D eigenvalue weighted by Crippen LogP contribution is 1.93. The maximum absolute atomic E-state index is 10.8. The maximum atomic E-state index is 10.8. The van der Waals surface area contributed by atoms with Crippen molar-refractivity contribution in [1.29, 1.82) is 0 Å². The van der Waals surface area contributed by atoms with Crippen LogP contribution in [-0.2, 0) is 19.1 Å². The number of nitrogens with two attached hydrogens (primary N) is 1. The van der Waals surface area contributed by atoms with E-state index in [0.717, 1.165) is 0 Å². The normalized spacial score (nSPS) is 10.1. The second kappa shape index (κ2) is 7.54. The van der Waals surface area contributed by atoms with E-state index in [1.54, 1.807) is 0 Å². The third kappa shape index (κ3) is 10.1.